The van der Waals surface area contributed by atoms with Crippen molar-refractivity contribution in [1.29, 1.82) is 0 Å². The molecule has 1 aromatic rings. The van der Waals surface area contributed by atoms with Crippen LogP contribution in [0.4, 0.5) is 5.69 Å². The Balaban J connectivity index is 2.76. The Labute approximate surface area is 95.7 Å². The molecule has 0 bridgehead atoms. The molecule has 15 heavy (non-hydrogen) atoms. The number of amides is 1. The quantitative estimate of drug-likeness (QED) is 0.562. The molecule has 0 fully saturated rings. The number of hydrogen-bond acceptors (Lipinski definition) is 3. The molecule has 0 aromatic heterocycles. The molecule has 0 radical (unpaired) electrons. The Morgan fingerprint density at radius 2 is 2.07 bits per heavy atom. The van der Waals surface area contributed by atoms with Gasteiger partial charge in [-0.15, -0.1) is 0 Å². The summed E-state index contributed by atoms with van der Waals surface area (Å²) in [5.41, 5.74) is 0.937. The fraction of sp³-hybridized carbons (Fsp3) is 0.111. The minimum atomic E-state index is -0.406. The summed E-state index contributed by atoms with van der Waals surface area (Å²) < 4.78 is 0. The molecule has 0 aliphatic carbocycles. The van der Waals surface area contributed by atoms with Crippen molar-refractivity contribution in [3.8, 4) is 0 Å². The first-order valence-electron chi connectivity index (χ1n) is 4.06. The van der Waals surface area contributed by atoms with E-state index in [-0.39, 0.29) is 10.7 Å². The predicted molar refractivity (Wildman–Crippen MR) is 58.2 cm³/mol. The summed E-state index contributed by atoms with van der Waals surface area (Å²) in [6.45, 7) is 0. The number of rotatable bonds is 0. The van der Waals surface area contributed by atoms with E-state index in [9.17, 15) is 4.79 Å². The average Bonchev–Trinajstić information content (AvgIpc) is 2.46. The van der Waals surface area contributed by atoms with Crippen molar-refractivity contribution in [2.45, 2.75) is 0 Å². The van der Waals surface area contributed by atoms with E-state index in [4.69, 9.17) is 28.4 Å². The van der Waals surface area contributed by atoms with Crippen LogP contribution in [0.3, 0.4) is 0 Å². The van der Waals surface area contributed by atoms with E-state index >= 15 is 0 Å². The number of nitrogens with zero attached hydrogens (tertiary/aromatic N) is 2. The lowest BCUT2D eigenvalue weighted by Crippen LogP contribution is -2.25. The number of halogens is 2. The number of likely N-dealkylation sites (N-methyl/N-ethyl adjacent to an activating group) is 1. The van der Waals surface area contributed by atoms with Crippen LogP contribution in [0.1, 0.15) is 5.56 Å². The topological polar surface area (TPSA) is 52.9 Å². The molecule has 1 amide bonds. The number of benzene rings is 1. The molecule has 0 unspecified atom stereocenters. The average molecular weight is 245 g/mol. The number of fused-ring (bicyclic) bond motifs is 1. The van der Waals surface area contributed by atoms with E-state index < -0.39 is 5.91 Å². The highest BCUT2D eigenvalue weighted by Crippen LogP contribution is 2.39. The van der Waals surface area contributed by atoms with Gasteiger partial charge >= 0.3 is 0 Å². The Morgan fingerprint density at radius 1 is 1.40 bits per heavy atom. The summed E-state index contributed by atoms with van der Waals surface area (Å²) in [7, 11) is 1.54. The number of oxime groups is 1. The van der Waals surface area contributed by atoms with E-state index in [1.54, 1.807) is 19.2 Å². The third-order valence-corrected chi connectivity index (χ3v) is 3.06. The Kier molecular flexibility index (Phi) is 2.32. The fourth-order valence-corrected chi connectivity index (χ4v) is 1.98. The highest BCUT2D eigenvalue weighted by Gasteiger charge is 2.34. The Bertz CT molecular complexity index is 485. The van der Waals surface area contributed by atoms with E-state index in [2.05, 4.69) is 5.16 Å². The van der Waals surface area contributed by atoms with Crippen LogP contribution >= 0.6 is 23.2 Å². The Hall–Kier alpha value is -1.26. The van der Waals surface area contributed by atoms with Gasteiger partial charge in [0.2, 0.25) is 0 Å². The monoisotopic (exact) mass is 244 g/mol. The van der Waals surface area contributed by atoms with E-state index in [1.165, 1.54) is 4.90 Å². The van der Waals surface area contributed by atoms with Gasteiger partial charge < -0.3 is 10.1 Å². The van der Waals surface area contributed by atoms with Crippen molar-refractivity contribution in [3.05, 3.63) is 27.7 Å². The van der Waals surface area contributed by atoms with Gasteiger partial charge in [0.25, 0.3) is 5.91 Å². The molecule has 1 aliphatic heterocycles. The summed E-state index contributed by atoms with van der Waals surface area (Å²) in [5, 5.41) is 12.3. The van der Waals surface area contributed by atoms with E-state index in [0.29, 0.717) is 16.3 Å². The van der Waals surface area contributed by atoms with Gasteiger partial charge in [-0.3, -0.25) is 4.79 Å². The van der Waals surface area contributed by atoms with Gasteiger partial charge in [0.1, 0.15) is 0 Å². The third kappa shape index (κ3) is 1.29. The van der Waals surface area contributed by atoms with Crippen molar-refractivity contribution in [1.82, 2.24) is 0 Å². The molecule has 0 saturated heterocycles. The maximum atomic E-state index is 11.6. The number of carbonyl (C=O) groups excluding carboxylic acids is 1. The van der Waals surface area contributed by atoms with E-state index in [0.717, 1.165) is 0 Å². The zero-order chi connectivity index (χ0) is 11.2. The second-order valence-corrected chi connectivity index (χ2v) is 3.86. The molecule has 1 aromatic carbocycles. The lowest BCUT2D eigenvalue weighted by molar-refractivity contribution is -0.112. The van der Waals surface area contributed by atoms with Gasteiger partial charge in [0.15, 0.2) is 5.71 Å². The molecule has 0 spiro atoms. The largest absolute Gasteiger partial charge is 0.410 e. The molecule has 1 N–H and O–H groups in total. The minimum Gasteiger partial charge on any atom is -0.410 e. The molecule has 6 heteroatoms. The highest BCUT2D eigenvalue weighted by molar-refractivity contribution is 6.57. The summed E-state index contributed by atoms with van der Waals surface area (Å²) in [4.78, 5) is 12.9. The van der Waals surface area contributed by atoms with Crippen molar-refractivity contribution in [3.63, 3.8) is 0 Å². The molecular weight excluding hydrogens is 239 g/mol. The molecule has 0 saturated carbocycles. The zero-order valence-electron chi connectivity index (χ0n) is 7.66. The van der Waals surface area contributed by atoms with Crippen molar-refractivity contribution in [2.75, 3.05) is 11.9 Å². The summed E-state index contributed by atoms with van der Waals surface area (Å²) in [5.74, 6) is -0.406. The lowest BCUT2D eigenvalue weighted by atomic mass is 10.1. The Morgan fingerprint density at radius 3 is 2.67 bits per heavy atom. The van der Waals surface area contributed by atoms with Crippen LogP contribution in [0, 0.1) is 0 Å². The molecule has 78 valence electrons. The van der Waals surface area contributed by atoms with Crippen LogP contribution in [-0.2, 0) is 4.79 Å². The maximum absolute atomic E-state index is 11.6. The first kappa shape index (κ1) is 10.3. The molecule has 1 heterocycles. The zero-order valence-corrected chi connectivity index (χ0v) is 9.17. The van der Waals surface area contributed by atoms with Gasteiger partial charge in [-0.1, -0.05) is 28.4 Å². The van der Waals surface area contributed by atoms with Gasteiger partial charge in [0.05, 0.1) is 15.7 Å². The number of carbonyl (C=O) groups is 1. The summed E-state index contributed by atoms with van der Waals surface area (Å²) >= 11 is 11.8. The first-order valence-corrected chi connectivity index (χ1v) is 4.82. The summed E-state index contributed by atoms with van der Waals surface area (Å²) in [6.07, 6.45) is 0. The molecule has 1 aliphatic rings. The van der Waals surface area contributed by atoms with Crippen molar-refractivity contribution in [2.24, 2.45) is 5.16 Å². The number of hydrogen-bond donors (Lipinski definition) is 1. The standard InChI is InChI=1S/C9H6Cl2N2O2/c1-13-8-4(7(12-15)9(13)14)2-3-5(10)6(8)11/h2-3,15H,1H3. The van der Waals surface area contributed by atoms with Gasteiger partial charge in [-0.05, 0) is 12.1 Å². The normalized spacial score (nSPS) is 17.4. The minimum absolute atomic E-state index is 0.0222. The molecule has 0 atom stereocenters. The molecule has 4 nitrogen and oxygen atoms in total. The highest BCUT2D eigenvalue weighted by atomic mass is 35.5. The molecule has 2 rings (SSSR count). The smallest absolute Gasteiger partial charge is 0.280 e. The van der Waals surface area contributed by atoms with Crippen LogP contribution in [0.25, 0.3) is 0 Å². The number of anilines is 1. The van der Waals surface area contributed by atoms with Gasteiger partial charge in [-0.25, -0.2) is 0 Å². The van der Waals surface area contributed by atoms with Crippen LogP contribution < -0.4 is 4.90 Å². The van der Waals surface area contributed by atoms with Crippen LogP contribution in [0.15, 0.2) is 17.3 Å². The second-order valence-electron chi connectivity index (χ2n) is 3.07. The van der Waals surface area contributed by atoms with Crippen LogP contribution in [-0.4, -0.2) is 23.9 Å². The van der Waals surface area contributed by atoms with Crippen LogP contribution in [0.2, 0.25) is 10.0 Å². The van der Waals surface area contributed by atoms with E-state index in [1.807, 2.05) is 0 Å². The first-order chi connectivity index (χ1) is 7.07. The fourth-order valence-electron chi connectivity index (χ4n) is 1.53. The van der Waals surface area contributed by atoms with Crippen molar-refractivity contribution < 1.29 is 10.0 Å². The third-order valence-electron chi connectivity index (χ3n) is 2.27. The lowest BCUT2D eigenvalue weighted by Gasteiger charge is -2.11. The van der Waals surface area contributed by atoms with Crippen molar-refractivity contribution >= 4 is 40.5 Å². The van der Waals surface area contributed by atoms with Gasteiger partial charge in [-0.2, -0.15) is 0 Å². The van der Waals surface area contributed by atoms with Crippen LogP contribution in [0.5, 0.6) is 0 Å². The SMILES string of the molecule is CN1C(=O)C(=NO)c2ccc(Cl)c(Cl)c21. The van der Waals surface area contributed by atoms with Gasteiger partial charge in [0, 0.05) is 12.6 Å². The second kappa shape index (κ2) is 3.40. The predicted octanol–water partition coefficient (Wildman–Crippen LogP) is 2.15. The summed E-state index contributed by atoms with van der Waals surface area (Å²) in [6, 6.07) is 3.15. The molecular formula is C9H6Cl2N2O2. The maximum Gasteiger partial charge on any atom is 0.280 e.